The molecule has 0 bridgehead atoms. The zero-order valence-electron chi connectivity index (χ0n) is 10.2. The average Bonchev–Trinajstić information content (AvgIpc) is 2.49. The van der Waals surface area contributed by atoms with Gasteiger partial charge in [-0.15, -0.1) is 0 Å². The molecule has 0 saturated carbocycles. The molecule has 1 aliphatic heterocycles. The van der Waals surface area contributed by atoms with Crippen LogP contribution in [0.25, 0.3) is 0 Å². The van der Waals surface area contributed by atoms with Crippen LogP contribution in [-0.2, 0) is 0 Å². The molecular formula is C14H16N4. The van der Waals surface area contributed by atoms with E-state index in [1.807, 2.05) is 24.8 Å². The Labute approximate surface area is 107 Å². The highest BCUT2D eigenvalue weighted by Gasteiger charge is 2.17. The summed E-state index contributed by atoms with van der Waals surface area (Å²) < 4.78 is 0. The lowest BCUT2D eigenvalue weighted by Crippen LogP contribution is -2.46. The highest BCUT2D eigenvalue weighted by molar-refractivity contribution is 5.50. The van der Waals surface area contributed by atoms with Gasteiger partial charge in [-0.25, -0.2) is 0 Å². The van der Waals surface area contributed by atoms with Crippen LogP contribution in [0.5, 0.6) is 0 Å². The summed E-state index contributed by atoms with van der Waals surface area (Å²) in [6.45, 7) is 4.19. The van der Waals surface area contributed by atoms with Crippen LogP contribution < -0.4 is 9.80 Å². The third-order valence-electron chi connectivity index (χ3n) is 3.34. The zero-order valence-corrected chi connectivity index (χ0v) is 10.2. The van der Waals surface area contributed by atoms with E-state index >= 15 is 0 Å². The molecule has 0 aliphatic carbocycles. The highest BCUT2D eigenvalue weighted by Crippen LogP contribution is 2.18. The second kappa shape index (κ2) is 5.04. The monoisotopic (exact) mass is 240 g/mol. The molecule has 3 rings (SSSR count). The van der Waals surface area contributed by atoms with Crippen molar-refractivity contribution in [2.45, 2.75) is 0 Å². The maximum Gasteiger partial charge on any atom is 0.0398 e. The maximum atomic E-state index is 4.06. The van der Waals surface area contributed by atoms with Crippen molar-refractivity contribution in [1.82, 2.24) is 9.97 Å². The first-order valence-corrected chi connectivity index (χ1v) is 6.23. The molecule has 0 amide bonds. The summed E-state index contributed by atoms with van der Waals surface area (Å²) in [5.74, 6) is 0. The van der Waals surface area contributed by atoms with Crippen LogP contribution in [0.2, 0.25) is 0 Å². The molecule has 1 fully saturated rings. The van der Waals surface area contributed by atoms with Gasteiger partial charge in [0.25, 0.3) is 0 Å². The van der Waals surface area contributed by atoms with E-state index in [0.717, 1.165) is 26.2 Å². The van der Waals surface area contributed by atoms with E-state index in [9.17, 15) is 0 Å². The van der Waals surface area contributed by atoms with Crippen molar-refractivity contribution < 1.29 is 0 Å². The van der Waals surface area contributed by atoms with Gasteiger partial charge in [-0.3, -0.25) is 9.97 Å². The minimum absolute atomic E-state index is 1.05. The Morgan fingerprint density at radius 3 is 1.28 bits per heavy atom. The molecule has 4 nitrogen and oxygen atoms in total. The molecule has 4 heteroatoms. The Morgan fingerprint density at radius 1 is 0.611 bits per heavy atom. The standard InChI is InChI=1S/C14H16N4/c1-5-15-6-2-13(1)17-9-11-18(12-10-17)14-3-7-16-8-4-14/h1-8H,9-12H2. The third kappa shape index (κ3) is 2.27. The second-order valence-electron chi connectivity index (χ2n) is 4.38. The van der Waals surface area contributed by atoms with Crippen LogP contribution in [0.4, 0.5) is 11.4 Å². The van der Waals surface area contributed by atoms with Crippen molar-refractivity contribution in [1.29, 1.82) is 0 Å². The van der Waals surface area contributed by atoms with Crippen LogP contribution >= 0.6 is 0 Å². The lowest BCUT2D eigenvalue weighted by Gasteiger charge is -2.37. The second-order valence-corrected chi connectivity index (χ2v) is 4.38. The van der Waals surface area contributed by atoms with Crippen molar-refractivity contribution in [3.8, 4) is 0 Å². The van der Waals surface area contributed by atoms with E-state index in [2.05, 4.69) is 44.0 Å². The highest BCUT2D eigenvalue weighted by atomic mass is 15.3. The molecule has 0 N–H and O–H groups in total. The number of pyridine rings is 2. The van der Waals surface area contributed by atoms with Crippen LogP contribution in [0.1, 0.15) is 0 Å². The van der Waals surface area contributed by atoms with Gasteiger partial charge in [-0.1, -0.05) is 0 Å². The van der Waals surface area contributed by atoms with Gasteiger partial charge in [-0.2, -0.15) is 0 Å². The first-order chi connectivity index (χ1) is 8.93. The Morgan fingerprint density at radius 2 is 0.944 bits per heavy atom. The van der Waals surface area contributed by atoms with Gasteiger partial charge in [0.15, 0.2) is 0 Å². The first kappa shape index (κ1) is 11.0. The van der Waals surface area contributed by atoms with Crippen molar-refractivity contribution in [3.05, 3.63) is 49.1 Å². The van der Waals surface area contributed by atoms with Gasteiger partial charge < -0.3 is 9.80 Å². The molecule has 0 unspecified atom stereocenters. The van der Waals surface area contributed by atoms with E-state index in [4.69, 9.17) is 0 Å². The smallest absolute Gasteiger partial charge is 0.0398 e. The van der Waals surface area contributed by atoms with Crippen molar-refractivity contribution in [2.75, 3.05) is 36.0 Å². The quantitative estimate of drug-likeness (QED) is 0.801. The Hall–Kier alpha value is -2.10. The summed E-state index contributed by atoms with van der Waals surface area (Å²) in [6, 6.07) is 8.29. The molecule has 2 aromatic rings. The molecule has 1 saturated heterocycles. The summed E-state index contributed by atoms with van der Waals surface area (Å²) >= 11 is 0. The maximum absolute atomic E-state index is 4.06. The number of hydrogen-bond acceptors (Lipinski definition) is 4. The molecular weight excluding hydrogens is 224 g/mol. The number of anilines is 2. The Kier molecular flexibility index (Phi) is 3.08. The van der Waals surface area contributed by atoms with Crippen LogP contribution in [0.3, 0.4) is 0 Å². The van der Waals surface area contributed by atoms with Gasteiger partial charge in [0.1, 0.15) is 0 Å². The zero-order chi connectivity index (χ0) is 12.2. The largest absolute Gasteiger partial charge is 0.368 e. The lowest BCUT2D eigenvalue weighted by atomic mass is 10.2. The van der Waals surface area contributed by atoms with Gasteiger partial charge in [0, 0.05) is 62.3 Å². The average molecular weight is 240 g/mol. The number of nitrogens with zero attached hydrogens (tertiary/aromatic N) is 4. The minimum atomic E-state index is 1.05. The fourth-order valence-electron chi connectivity index (χ4n) is 2.33. The van der Waals surface area contributed by atoms with Crippen LogP contribution in [0, 0.1) is 0 Å². The molecule has 0 atom stereocenters. The molecule has 0 spiro atoms. The third-order valence-corrected chi connectivity index (χ3v) is 3.34. The minimum Gasteiger partial charge on any atom is -0.368 e. The topological polar surface area (TPSA) is 32.3 Å². The SMILES string of the molecule is c1cc(N2CCN(c3ccncc3)CC2)ccn1. The van der Waals surface area contributed by atoms with E-state index in [0.29, 0.717) is 0 Å². The first-order valence-electron chi connectivity index (χ1n) is 6.23. The lowest BCUT2D eigenvalue weighted by molar-refractivity contribution is 0.653. The number of rotatable bonds is 2. The van der Waals surface area contributed by atoms with Crippen LogP contribution in [-0.4, -0.2) is 36.1 Å². The molecule has 2 aromatic heterocycles. The summed E-state index contributed by atoms with van der Waals surface area (Å²) in [5.41, 5.74) is 2.53. The molecule has 0 aromatic carbocycles. The molecule has 18 heavy (non-hydrogen) atoms. The molecule has 1 aliphatic rings. The summed E-state index contributed by atoms with van der Waals surface area (Å²) in [4.78, 5) is 12.9. The van der Waals surface area contributed by atoms with E-state index in [1.54, 1.807) is 0 Å². The molecule has 92 valence electrons. The number of piperazine rings is 1. The van der Waals surface area contributed by atoms with Gasteiger partial charge in [0.2, 0.25) is 0 Å². The predicted molar refractivity (Wildman–Crippen MR) is 72.9 cm³/mol. The predicted octanol–water partition coefficient (Wildman–Crippen LogP) is 1.80. The van der Waals surface area contributed by atoms with Crippen molar-refractivity contribution in [2.24, 2.45) is 0 Å². The van der Waals surface area contributed by atoms with Crippen LogP contribution in [0.15, 0.2) is 49.1 Å². The Balaban J connectivity index is 1.65. The van der Waals surface area contributed by atoms with Gasteiger partial charge >= 0.3 is 0 Å². The molecule has 3 heterocycles. The van der Waals surface area contributed by atoms with Gasteiger partial charge in [0.05, 0.1) is 0 Å². The number of aromatic nitrogens is 2. The van der Waals surface area contributed by atoms with Crippen molar-refractivity contribution in [3.63, 3.8) is 0 Å². The summed E-state index contributed by atoms with van der Waals surface area (Å²) in [7, 11) is 0. The fraction of sp³-hybridized carbons (Fsp3) is 0.286. The van der Waals surface area contributed by atoms with E-state index in [-0.39, 0.29) is 0 Å². The normalized spacial score (nSPS) is 15.8. The van der Waals surface area contributed by atoms with E-state index < -0.39 is 0 Å². The Bertz CT molecular complexity index is 430. The molecule has 0 radical (unpaired) electrons. The van der Waals surface area contributed by atoms with Crippen molar-refractivity contribution >= 4 is 11.4 Å². The summed E-state index contributed by atoms with van der Waals surface area (Å²) in [6.07, 6.45) is 7.41. The fourth-order valence-corrected chi connectivity index (χ4v) is 2.33. The van der Waals surface area contributed by atoms with E-state index in [1.165, 1.54) is 11.4 Å². The number of hydrogen-bond donors (Lipinski definition) is 0. The van der Waals surface area contributed by atoms with Gasteiger partial charge in [-0.05, 0) is 24.3 Å². The summed E-state index contributed by atoms with van der Waals surface area (Å²) in [5, 5.41) is 0.